The maximum atomic E-state index is 12.9. The molecule has 1 unspecified atom stereocenters. The summed E-state index contributed by atoms with van der Waals surface area (Å²) in [5.41, 5.74) is 7.53. The van der Waals surface area contributed by atoms with Crippen molar-refractivity contribution in [1.29, 1.82) is 0 Å². The first-order chi connectivity index (χ1) is 6.13. The van der Waals surface area contributed by atoms with E-state index >= 15 is 0 Å². The molecule has 70 valence electrons. The van der Waals surface area contributed by atoms with E-state index < -0.39 is 0 Å². The SMILES string of the molecule is C=CCC(N)c1cc(C)cc(F)c1. The van der Waals surface area contributed by atoms with Crippen LogP contribution in [0.1, 0.15) is 23.6 Å². The Labute approximate surface area is 78.1 Å². The zero-order valence-electron chi connectivity index (χ0n) is 7.76. The molecule has 0 heterocycles. The minimum Gasteiger partial charge on any atom is -0.324 e. The molecule has 13 heavy (non-hydrogen) atoms. The third kappa shape index (κ3) is 2.67. The number of benzene rings is 1. The van der Waals surface area contributed by atoms with Crippen LogP contribution in [0.15, 0.2) is 30.9 Å². The van der Waals surface area contributed by atoms with E-state index in [0.29, 0.717) is 6.42 Å². The van der Waals surface area contributed by atoms with Gasteiger partial charge in [-0.2, -0.15) is 0 Å². The van der Waals surface area contributed by atoms with Crippen molar-refractivity contribution in [3.8, 4) is 0 Å². The summed E-state index contributed by atoms with van der Waals surface area (Å²) in [7, 11) is 0. The molecule has 1 rings (SSSR count). The van der Waals surface area contributed by atoms with Gasteiger partial charge in [-0.25, -0.2) is 4.39 Å². The van der Waals surface area contributed by atoms with Gasteiger partial charge in [-0.1, -0.05) is 12.1 Å². The normalized spacial score (nSPS) is 12.5. The summed E-state index contributed by atoms with van der Waals surface area (Å²) in [4.78, 5) is 0. The molecular weight excluding hydrogens is 165 g/mol. The predicted molar refractivity (Wildman–Crippen MR) is 52.9 cm³/mol. The van der Waals surface area contributed by atoms with Crippen LogP contribution in [0.3, 0.4) is 0 Å². The van der Waals surface area contributed by atoms with E-state index in [4.69, 9.17) is 5.73 Å². The summed E-state index contributed by atoms with van der Waals surface area (Å²) in [5, 5.41) is 0. The van der Waals surface area contributed by atoms with Gasteiger partial charge in [-0.3, -0.25) is 0 Å². The Bertz CT molecular complexity index is 287. The highest BCUT2D eigenvalue weighted by atomic mass is 19.1. The van der Waals surface area contributed by atoms with Gasteiger partial charge in [0.05, 0.1) is 0 Å². The lowest BCUT2D eigenvalue weighted by atomic mass is 10.0. The second-order valence-corrected chi connectivity index (χ2v) is 3.19. The highest BCUT2D eigenvalue weighted by Gasteiger charge is 2.05. The van der Waals surface area contributed by atoms with Crippen molar-refractivity contribution in [1.82, 2.24) is 0 Å². The number of halogens is 1. The van der Waals surface area contributed by atoms with Crippen LogP contribution in [0, 0.1) is 12.7 Å². The summed E-state index contributed by atoms with van der Waals surface area (Å²) in [5.74, 6) is -0.227. The van der Waals surface area contributed by atoms with Gasteiger partial charge >= 0.3 is 0 Å². The standard InChI is InChI=1S/C11H14FN/c1-3-4-11(13)9-5-8(2)6-10(12)7-9/h3,5-7,11H,1,4,13H2,2H3. The molecule has 0 aromatic heterocycles. The van der Waals surface area contributed by atoms with Gasteiger partial charge in [-0.15, -0.1) is 6.58 Å². The zero-order valence-corrected chi connectivity index (χ0v) is 7.76. The molecule has 2 heteroatoms. The van der Waals surface area contributed by atoms with Gasteiger partial charge in [0.2, 0.25) is 0 Å². The molecule has 0 bridgehead atoms. The predicted octanol–water partition coefficient (Wildman–Crippen LogP) is 2.71. The van der Waals surface area contributed by atoms with Crippen LogP contribution < -0.4 is 5.73 Å². The molecule has 1 aromatic rings. The molecule has 0 saturated heterocycles. The number of nitrogens with two attached hydrogens (primary N) is 1. The van der Waals surface area contributed by atoms with Crippen LogP contribution in [0.25, 0.3) is 0 Å². The topological polar surface area (TPSA) is 26.0 Å². The minimum atomic E-state index is -0.227. The minimum absolute atomic E-state index is 0.146. The van der Waals surface area contributed by atoms with Gasteiger partial charge in [0.1, 0.15) is 5.82 Å². The molecule has 0 aliphatic carbocycles. The molecule has 0 aliphatic rings. The Kier molecular flexibility index (Phi) is 3.20. The van der Waals surface area contributed by atoms with Crippen LogP contribution in [0.4, 0.5) is 4.39 Å². The molecule has 1 atom stereocenters. The molecule has 0 amide bonds. The Morgan fingerprint density at radius 2 is 2.23 bits per heavy atom. The number of rotatable bonds is 3. The fraction of sp³-hybridized carbons (Fsp3) is 0.273. The number of hydrogen-bond acceptors (Lipinski definition) is 1. The van der Waals surface area contributed by atoms with Gasteiger partial charge in [0.15, 0.2) is 0 Å². The largest absolute Gasteiger partial charge is 0.324 e. The number of hydrogen-bond donors (Lipinski definition) is 1. The van der Waals surface area contributed by atoms with E-state index in [2.05, 4.69) is 6.58 Å². The van der Waals surface area contributed by atoms with E-state index in [1.807, 2.05) is 13.0 Å². The lowest BCUT2D eigenvalue weighted by molar-refractivity contribution is 0.618. The van der Waals surface area contributed by atoms with Crippen LogP contribution >= 0.6 is 0 Å². The second kappa shape index (κ2) is 4.19. The van der Waals surface area contributed by atoms with Crippen LogP contribution in [-0.4, -0.2) is 0 Å². The van der Waals surface area contributed by atoms with E-state index in [-0.39, 0.29) is 11.9 Å². The van der Waals surface area contributed by atoms with Crippen LogP contribution in [0.2, 0.25) is 0 Å². The first-order valence-corrected chi connectivity index (χ1v) is 4.27. The molecule has 0 spiro atoms. The van der Waals surface area contributed by atoms with Gasteiger partial charge < -0.3 is 5.73 Å². The molecular formula is C11H14FN. The molecule has 0 saturated carbocycles. The third-order valence-electron chi connectivity index (χ3n) is 1.91. The molecule has 2 N–H and O–H groups in total. The maximum absolute atomic E-state index is 12.9. The lowest BCUT2D eigenvalue weighted by Crippen LogP contribution is -2.09. The van der Waals surface area contributed by atoms with Crippen molar-refractivity contribution in [3.63, 3.8) is 0 Å². The van der Waals surface area contributed by atoms with Crippen molar-refractivity contribution in [2.75, 3.05) is 0 Å². The van der Waals surface area contributed by atoms with Crippen molar-refractivity contribution >= 4 is 0 Å². The third-order valence-corrected chi connectivity index (χ3v) is 1.91. The fourth-order valence-electron chi connectivity index (χ4n) is 1.29. The van der Waals surface area contributed by atoms with Crippen molar-refractivity contribution in [2.24, 2.45) is 5.73 Å². The summed E-state index contributed by atoms with van der Waals surface area (Å²) in [6, 6.07) is 4.72. The molecule has 1 aromatic carbocycles. The van der Waals surface area contributed by atoms with E-state index in [1.165, 1.54) is 12.1 Å². The summed E-state index contributed by atoms with van der Waals surface area (Å²) in [6.45, 7) is 5.45. The smallest absolute Gasteiger partial charge is 0.123 e. The van der Waals surface area contributed by atoms with Gasteiger partial charge in [-0.05, 0) is 36.6 Å². The average Bonchev–Trinajstić information content (AvgIpc) is 2.03. The lowest BCUT2D eigenvalue weighted by Gasteiger charge is -2.10. The van der Waals surface area contributed by atoms with Crippen molar-refractivity contribution in [3.05, 3.63) is 47.8 Å². The Morgan fingerprint density at radius 3 is 2.77 bits per heavy atom. The van der Waals surface area contributed by atoms with Crippen molar-refractivity contribution < 1.29 is 4.39 Å². The highest BCUT2D eigenvalue weighted by molar-refractivity contribution is 5.26. The Hall–Kier alpha value is -1.15. The fourth-order valence-corrected chi connectivity index (χ4v) is 1.29. The van der Waals surface area contributed by atoms with Gasteiger partial charge in [0, 0.05) is 6.04 Å². The van der Waals surface area contributed by atoms with Crippen LogP contribution in [0.5, 0.6) is 0 Å². The highest BCUT2D eigenvalue weighted by Crippen LogP contribution is 2.17. The van der Waals surface area contributed by atoms with Gasteiger partial charge in [0.25, 0.3) is 0 Å². The van der Waals surface area contributed by atoms with E-state index in [0.717, 1.165) is 11.1 Å². The van der Waals surface area contributed by atoms with E-state index in [9.17, 15) is 4.39 Å². The average molecular weight is 179 g/mol. The molecule has 0 aliphatic heterocycles. The monoisotopic (exact) mass is 179 g/mol. The number of aryl methyl sites for hydroxylation is 1. The summed E-state index contributed by atoms with van der Waals surface area (Å²) < 4.78 is 12.9. The first-order valence-electron chi connectivity index (χ1n) is 4.27. The Balaban J connectivity index is 2.93. The molecule has 0 fully saturated rings. The summed E-state index contributed by atoms with van der Waals surface area (Å²) in [6.07, 6.45) is 2.41. The zero-order chi connectivity index (χ0) is 9.84. The second-order valence-electron chi connectivity index (χ2n) is 3.19. The quantitative estimate of drug-likeness (QED) is 0.709. The van der Waals surface area contributed by atoms with Crippen molar-refractivity contribution in [2.45, 2.75) is 19.4 Å². The Morgan fingerprint density at radius 1 is 1.54 bits per heavy atom. The maximum Gasteiger partial charge on any atom is 0.123 e. The first kappa shape index (κ1) is 9.93. The summed E-state index contributed by atoms with van der Waals surface area (Å²) >= 11 is 0. The van der Waals surface area contributed by atoms with E-state index in [1.54, 1.807) is 6.08 Å². The molecule has 1 nitrogen and oxygen atoms in total. The molecule has 0 radical (unpaired) electrons. The van der Waals surface area contributed by atoms with Crippen LogP contribution in [-0.2, 0) is 0 Å².